The SMILES string of the molecule is Cc1cccc(C(C(=O)NC2CCCCC2)N(CCO)C(=O)C(CCC(N)=O)NC(=O)OC(C)(C)C)c1C. The Morgan fingerprint density at radius 3 is 2.37 bits per heavy atom. The van der Waals surface area contributed by atoms with Gasteiger partial charge in [-0.15, -0.1) is 0 Å². The van der Waals surface area contributed by atoms with Crippen molar-refractivity contribution in [2.75, 3.05) is 13.2 Å². The zero-order chi connectivity index (χ0) is 28.5. The molecule has 2 atom stereocenters. The van der Waals surface area contributed by atoms with Crippen molar-refractivity contribution in [3.63, 3.8) is 0 Å². The van der Waals surface area contributed by atoms with Gasteiger partial charge in [0.05, 0.1) is 6.61 Å². The lowest BCUT2D eigenvalue weighted by Gasteiger charge is -2.36. The molecule has 1 fully saturated rings. The summed E-state index contributed by atoms with van der Waals surface area (Å²) in [5.41, 5.74) is 6.95. The molecule has 0 aliphatic heterocycles. The summed E-state index contributed by atoms with van der Waals surface area (Å²) in [6, 6.07) is 3.30. The summed E-state index contributed by atoms with van der Waals surface area (Å²) >= 11 is 0. The van der Waals surface area contributed by atoms with Gasteiger partial charge in [-0.1, -0.05) is 37.5 Å². The molecule has 0 aromatic heterocycles. The fraction of sp³-hybridized carbons (Fsp3) is 0.643. The predicted molar refractivity (Wildman–Crippen MR) is 144 cm³/mol. The molecule has 4 amide bonds. The van der Waals surface area contributed by atoms with Crippen LogP contribution in [0, 0.1) is 13.8 Å². The first-order valence-electron chi connectivity index (χ1n) is 13.4. The van der Waals surface area contributed by atoms with Crippen LogP contribution < -0.4 is 16.4 Å². The number of aliphatic hydroxyl groups is 1. The second-order valence-corrected chi connectivity index (χ2v) is 11.0. The van der Waals surface area contributed by atoms with Crippen LogP contribution >= 0.6 is 0 Å². The number of nitrogens with two attached hydrogens (primary N) is 1. The van der Waals surface area contributed by atoms with Gasteiger partial charge in [-0.3, -0.25) is 14.4 Å². The summed E-state index contributed by atoms with van der Waals surface area (Å²) in [5, 5.41) is 15.6. The van der Waals surface area contributed by atoms with Gasteiger partial charge < -0.3 is 31.1 Å². The van der Waals surface area contributed by atoms with Crippen LogP contribution in [0.3, 0.4) is 0 Å². The van der Waals surface area contributed by atoms with Crippen molar-refractivity contribution in [3.05, 3.63) is 34.9 Å². The number of alkyl carbamates (subject to hydrolysis) is 1. The molecule has 0 saturated heterocycles. The number of ether oxygens (including phenoxy) is 1. The van der Waals surface area contributed by atoms with E-state index < -0.39 is 42.2 Å². The van der Waals surface area contributed by atoms with Gasteiger partial charge >= 0.3 is 6.09 Å². The number of carbonyl (C=O) groups excluding carboxylic acids is 4. The minimum absolute atomic E-state index is 0.000454. The van der Waals surface area contributed by atoms with Crippen molar-refractivity contribution in [2.24, 2.45) is 5.73 Å². The lowest BCUT2D eigenvalue weighted by atomic mass is 9.92. The number of aryl methyl sites for hydroxylation is 1. The lowest BCUT2D eigenvalue weighted by Crippen LogP contribution is -2.54. The number of nitrogens with one attached hydrogen (secondary N) is 2. The van der Waals surface area contributed by atoms with Crippen molar-refractivity contribution in [1.82, 2.24) is 15.5 Å². The summed E-state index contributed by atoms with van der Waals surface area (Å²) in [6.45, 7) is 8.32. The van der Waals surface area contributed by atoms with Gasteiger partial charge in [-0.2, -0.15) is 0 Å². The van der Waals surface area contributed by atoms with Crippen LogP contribution in [-0.2, 0) is 19.1 Å². The smallest absolute Gasteiger partial charge is 0.408 e. The molecule has 1 saturated carbocycles. The van der Waals surface area contributed by atoms with Crippen LogP contribution in [0.15, 0.2) is 18.2 Å². The van der Waals surface area contributed by atoms with Crippen LogP contribution in [0.4, 0.5) is 4.79 Å². The molecule has 10 heteroatoms. The van der Waals surface area contributed by atoms with Gasteiger partial charge in [-0.25, -0.2) is 4.79 Å². The highest BCUT2D eigenvalue weighted by atomic mass is 16.6. The summed E-state index contributed by atoms with van der Waals surface area (Å²) in [5.74, 6) is -1.60. The quantitative estimate of drug-likeness (QED) is 0.344. The van der Waals surface area contributed by atoms with Crippen molar-refractivity contribution < 1.29 is 29.0 Å². The van der Waals surface area contributed by atoms with Gasteiger partial charge in [0.2, 0.25) is 17.7 Å². The maximum Gasteiger partial charge on any atom is 0.408 e. The standard InChI is InChI=1S/C28H44N4O6/c1-18-10-9-13-21(19(18)2)24(25(35)30-20-11-7-6-8-12-20)32(16-17-33)26(36)22(14-15-23(29)34)31-27(37)38-28(3,4)5/h9-10,13,20,22,24,33H,6-8,11-12,14-17H2,1-5H3,(H2,29,34)(H,30,35)(H,31,37). The van der Waals surface area contributed by atoms with Crippen LogP contribution in [0.5, 0.6) is 0 Å². The van der Waals surface area contributed by atoms with Gasteiger partial charge in [-0.05, 0) is 70.6 Å². The molecule has 1 aromatic carbocycles. The van der Waals surface area contributed by atoms with E-state index in [-0.39, 0.29) is 31.3 Å². The number of aliphatic hydroxyl groups excluding tert-OH is 1. The topological polar surface area (TPSA) is 151 Å². The van der Waals surface area contributed by atoms with Crippen LogP contribution in [0.2, 0.25) is 0 Å². The molecule has 0 spiro atoms. The molecular formula is C28H44N4O6. The largest absolute Gasteiger partial charge is 0.444 e. The van der Waals surface area contributed by atoms with Gasteiger partial charge in [0.15, 0.2) is 0 Å². The number of amides is 4. The molecule has 0 heterocycles. The molecule has 2 unspecified atom stereocenters. The van der Waals surface area contributed by atoms with E-state index in [1.165, 1.54) is 4.90 Å². The van der Waals surface area contributed by atoms with E-state index in [4.69, 9.17) is 10.5 Å². The summed E-state index contributed by atoms with van der Waals surface area (Å²) in [6.07, 6.45) is 3.81. The first-order valence-corrected chi connectivity index (χ1v) is 13.4. The molecule has 212 valence electrons. The highest BCUT2D eigenvalue weighted by Crippen LogP contribution is 2.28. The summed E-state index contributed by atoms with van der Waals surface area (Å²) in [7, 11) is 0. The number of carbonyl (C=O) groups is 4. The number of hydrogen-bond donors (Lipinski definition) is 4. The Hall–Kier alpha value is -3.14. The fourth-order valence-electron chi connectivity index (χ4n) is 4.72. The third kappa shape index (κ3) is 9.31. The molecule has 10 nitrogen and oxygen atoms in total. The van der Waals surface area contributed by atoms with E-state index >= 15 is 0 Å². The summed E-state index contributed by atoms with van der Waals surface area (Å²) in [4.78, 5) is 53.2. The van der Waals surface area contributed by atoms with Gasteiger partial charge in [0, 0.05) is 19.0 Å². The zero-order valence-corrected chi connectivity index (χ0v) is 23.3. The minimum Gasteiger partial charge on any atom is -0.444 e. The molecule has 1 aliphatic rings. The Labute approximate surface area is 225 Å². The Morgan fingerprint density at radius 2 is 1.79 bits per heavy atom. The minimum atomic E-state index is -1.20. The van der Waals surface area contributed by atoms with Crippen LogP contribution in [-0.4, -0.2) is 64.7 Å². The van der Waals surface area contributed by atoms with E-state index in [1.54, 1.807) is 26.8 Å². The lowest BCUT2D eigenvalue weighted by molar-refractivity contribution is -0.143. The zero-order valence-electron chi connectivity index (χ0n) is 23.3. The third-order valence-electron chi connectivity index (χ3n) is 6.75. The Morgan fingerprint density at radius 1 is 1.13 bits per heavy atom. The summed E-state index contributed by atoms with van der Waals surface area (Å²) < 4.78 is 5.33. The molecule has 1 aliphatic carbocycles. The molecule has 0 bridgehead atoms. The highest BCUT2D eigenvalue weighted by Gasteiger charge is 2.37. The Balaban J connectivity index is 2.48. The molecule has 38 heavy (non-hydrogen) atoms. The Bertz CT molecular complexity index is 984. The van der Waals surface area contributed by atoms with Gasteiger partial charge in [0.25, 0.3) is 0 Å². The number of primary amides is 1. The third-order valence-corrected chi connectivity index (χ3v) is 6.75. The normalized spacial score (nSPS) is 15.7. The monoisotopic (exact) mass is 532 g/mol. The number of benzene rings is 1. The van der Waals surface area contributed by atoms with Crippen molar-refractivity contribution >= 4 is 23.8 Å². The fourth-order valence-corrected chi connectivity index (χ4v) is 4.72. The van der Waals surface area contributed by atoms with E-state index in [1.807, 2.05) is 26.0 Å². The molecule has 1 aromatic rings. The second kappa shape index (κ2) is 14.1. The first kappa shape index (κ1) is 31.1. The number of hydrogen-bond acceptors (Lipinski definition) is 6. The van der Waals surface area contributed by atoms with E-state index in [0.29, 0.717) is 5.56 Å². The second-order valence-electron chi connectivity index (χ2n) is 11.0. The molecule has 2 rings (SSSR count). The maximum atomic E-state index is 14.0. The average molecular weight is 533 g/mol. The molecule has 0 radical (unpaired) electrons. The van der Waals surface area contributed by atoms with Gasteiger partial charge in [0.1, 0.15) is 17.7 Å². The molecule has 5 N–H and O–H groups in total. The van der Waals surface area contributed by atoms with Crippen molar-refractivity contribution in [1.29, 1.82) is 0 Å². The van der Waals surface area contributed by atoms with Crippen LogP contribution in [0.1, 0.15) is 88.4 Å². The van der Waals surface area contributed by atoms with E-state index in [2.05, 4.69) is 10.6 Å². The van der Waals surface area contributed by atoms with Crippen molar-refractivity contribution in [2.45, 2.75) is 103 Å². The molecular weight excluding hydrogens is 488 g/mol. The Kier molecular flexibility index (Phi) is 11.6. The van der Waals surface area contributed by atoms with E-state index in [9.17, 15) is 24.3 Å². The van der Waals surface area contributed by atoms with E-state index in [0.717, 1.165) is 43.2 Å². The first-order chi connectivity index (χ1) is 17.8. The van der Waals surface area contributed by atoms with Crippen LogP contribution in [0.25, 0.3) is 0 Å². The highest BCUT2D eigenvalue weighted by molar-refractivity contribution is 5.92. The average Bonchev–Trinajstić information content (AvgIpc) is 2.83. The maximum absolute atomic E-state index is 14.0. The predicted octanol–water partition coefficient (Wildman–Crippen LogP) is 2.77. The van der Waals surface area contributed by atoms with Crippen molar-refractivity contribution in [3.8, 4) is 0 Å². The number of rotatable bonds is 11. The number of nitrogens with zero attached hydrogens (tertiary/aromatic N) is 1.